The molecule has 0 atom stereocenters. The topological polar surface area (TPSA) is 56.0 Å². The minimum Gasteiger partial charge on any atom is -0.366 e. The summed E-state index contributed by atoms with van der Waals surface area (Å²) in [5, 5.41) is 0.605. The van der Waals surface area contributed by atoms with Crippen molar-refractivity contribution in [2.75, 3.05) is 0 Å². The lowest BCUT2D eigenvalue weighted by molar-refractivity contribution is 0.100. The molecule has 0 fully saturated rings. The van der Waals surface area contributed by atoms with Crippen molar-refractivity contribution in [3.05, 3.63) is 65.9 Å². The van der Waals surface area contributed by atoms with Crippen LogP contribution in [0.3, 0.4) is 0 Å². The number of hydrogen-bond acceptors (Lipinski definition) is 3. The summed E-state index contributed by atoms with van der Waals surface area (Å²) in [4.78, 5) is 16.2. The molecule has 6 heteroatoms. The van der Waals surface area contributed by atoms with Gasteiger partial charge in [0.1, 0.15) is 16.6 Å². The summed E-state index contributed by atoms with van der Waals surface area (Å²) in [5.41, 5.74) is 6.26. The third kappa shape index (κ3) is 2.60. The number of carbonyl (C=O) groups is 1. The number of thiazole rings is 1. The predicted octanol–water partition coefficient (Wildman–Crippen LogP) is 3.85. The molecule has 1 heterocycles. The normalized spacial score (nSPS) is 10.6. The Hall–Kier alpha value is -2.60. The second-order valence-corrected chi connectivity index (χ2v) is 5.59. The van der Waals surface area contributed by atoms with E-state index in [4.69, 9.17) is 5.73 Å². The van der Waals surface area contributed by atoms with Gasteiger partial charge in [0.15, 0.2) is 0 Å². The van der Waals surface area contributed by atoms with Crippen molar-refractivity contribution in [2.24, 2.45) is 5.73 Å². The SMILES string of the molecule is NC(=O)c1cccc(F)c1-c1cnc(-c2ccc(F)cc2)s1. The highest BCUT2D eigenvalue weighted by atomic mass is 32.1. The quantitative estimate of drug-likeness (QED) is 0.798. The predicted molar refractivity (Wildman–Crippen MR) is 81.4 cm³/mol. The van der Waals surface area contributed by atoms with Gasteiger partial charge in [-0.05, 0) is 36.4 Å². The van der Waals surface area contributed by atoms with Crippen molar-refractivity contribution in [1.29, 1.82) is 0 Å². The summed E-state index contributed by atoms with van der Waals surface area (Å²) in [5.74, 6) is -1.58. The minimum absolute atomic E-state index is 0.106. The number of halogens is 2. The number of hydrogen-bond donors (Lipinski definition) is 1. The molecule has 0 aliphatic rings. The minimum atomic E-state index is -0.703. The third-order valence-electron chi connectivity index (χ3n) is 3.12. The van der Waals surface area contributed by atoms with Crippen LogP contribution in [0.15, 0.2) is 48.7 Å². The second kappa shape index (κ2) is 5.65. The number of benzene rings is 2. The molecule has 0 radical (unpaired) electrons. The number of nitrogens with two attached hydrogens (primary N) is 1. The fourth-order valence-corrected chi connectivity index (χ4v) is 3.08. The molecule has 1 amide bonds. The Labute approximate surface area is 129 Å². The highest BCUT2D eigenvalue weighted by Crippen LogP contribution is 2.35. The lowest BCUT2D eigenvalue weighted by atomic mass is 10.1. The first kappa shape index (κ1) is 14.3. The first-order chi connectivity index (χ1) is 10.6. The maximum Gasteiger partial charge on any atom is 0.249 e. The zero-order valence-corrected chi connectivity index (χ0v) is 12.0. The summed E-state index contributed by atoms with van der Waals surface area (Å²) in [6, 6.07) is 10.0. The Morgan fingerprint density at radius 3 is 2.50 bits per heavy atom. The average Bonchev–Trinajstić information content (AvgIpc) is 2.97. The first-order valence-electron chi connectivity index (χ1n) is 6.36. The van der Waals surface area contributed by atoms with Gasteiger partial charge in [-0.2, -0.15) is 0 Å². The van der Waals surface area contributed by atoms with Gasteiger partial charge in [-0.3, -0.25) is 4.79 Å². The Kier molecular flexibility index (Phi) is 3.68. The van der Waals surface area contributed by atoms with Crippen molar-refractivity contribution >= 4 is 17.2 Å². The van der Waals surface area contributed by atoms with E-state index in [0.29, 0.717) is 9.88 Å². The van der Waals surface area contributed by atoms with Crippen molar-refractivity contribution < 1.29 is 13.6 Å². The zero-order chi connectivity index (χ0) is 15.7. The fraction of sp³-hybridized carbons (Fsp3) is 0. The van der Waals surface area contributed by atoms with E-state index in [2.05, 4.69) is 4.98 Å². The Bertz CT molecular complexity index is 844. The molecule has 0 saturated carbocycles. The highest BCUT2D eigenvalue weighted by molar-refractivity contribution is 7.18. The maximum atomic E-state index is 14.1. The lowest BCUT2D eigenvalue weighted by Crippen LogP contribution is -2.12. The molecular weight excluding hydrogens is 306 g/mol. The molecule has 3 aromatic rings. The first-order valence-corrected chi connectivity index (χ1v) is 7.18. The maximum absolute atomic E-state index is 14.1. The van der Waals surface area contributed by atoms with E-state index in [-0.39, 0.29) is 16.9 Å². The van der Waals surface area contributed by atoms with Crippen LogP contribution in [-0.2, 0) is 0 Å². The molecule has 110 valence electrons. The number of primary amides is 1. The van der Waals surface area contributed by atoms with Crippen LogP contribution in [0, 0.1) is 11.6 Å². The number of aromatic nitrogens is 1. The van der Waals surface area contributed by atoms with E-state index in [1.54, 1.807) is 12.1 Å². The Balaban J connectivity index is 2.08. The summed E-state index contributed by atoms with van der Waals surface area (Å²) in [6.45, 7) is 0. The van der Waals surface area contributed by atoms with Crippen LogP contribution in [0.4, 0.5) is 8.78 Å². The van der Waals surface area contributed by atoms with Crippen LogP contribution >= 0.6 is 11.3 Å². The largest absolute Gasteiger partial charge is 0.366 e. The van der Waals surface area contributed by atoms with E-state index in [0.717, 1.165) is 5.56 Å². The summed E-state index contributed by atoms with van der Waals surface area (Å²) in [6.07, 6.45) is 1.48. The van der Waals surface area contributed by atoms with Gasteiger partial charge in [0.05, 0.1) is 10.4 Å². The standard InChI is InChI=1S/C16H10F2N2OS/c17-10-6-4-9(5-7-10)16-20-8-13(22-16)14-11(15(19)21)2-1-3-12(14)18/h1-8H,(H2,19,21). The van der Waals surface area contributed by atoms with Gasteiger partial charge < -0.3 is 5.73 Å². The van der Waals surface area contributed by atoms with Crippen molar-refractivity contribution in [3.8, 4) is 21.0 Å². The summed E-state index contributed by atoms with van der Waals surface area (Å²) in [7, 11) is 0. The van der Waals surface area contributed by atoms with Gasteiger partial charge >= 0.3 is 0 Å². The van der Waals surface area contributed by atoms with Gasteiger partial charge in [-0.25, -0.2) is 13.8 Å². The van der Waals surface area contributed by atoms with Crippen LogP contribution in [-0.4, -0.2) is 10.9 Å². The summed E-state index contributed by atoms with van der Waals surface area (Å²) >= 11 is 1.21. The van der Waals surface area contributed by atoms with Gasteiger partial charge in [0, 0.05) is 17.3 Å². The molecule has 3 rings (SSSR count). The van der Waals surface area contributed by atoms with Gasteiger partial charge in [-0.1, -0.05) is 6.07 Å². The number of carbonyl (C=O) groups excluding carboxylic acids is 1. The number of rotatable bonds is 3. The van der Waals surface area contributed by atoms with Crippen LogP contribution in [0.5, 0.6) is 0 Å². The molecule has 0 spiro atoms. The molecule has 0 aliphatic carbocycles. The molecular formula is C16H10F2N2OS. The summed E-state index contributed by atoms with van der Waals surface area (Å²) < 4.78 is 27.0. The van der Waals surface area contributed by atoms with E-state index in [1.807, 2.05) is 0 Å². The molecule has 0 aliphatic heterocycles. The third-order valence-corrected chi connectivity index (χ3v) is 4.19. The molecule has 22 heavy (non-hydrogen) atoms. The van der Waals surface area contributed by atoms with Crippen LogP contribution in [0.1, 0.15) is 10.4 Å². The fourth-order valence-electron chi connectivity index (χ4n) is 2.10. The second-order valence-electron chi connectivity index (χ2n) is 4.56. The Morgan fingerprint density at radius 2 is 1.82 bits per heavy atom. The van der Waals surface area contributed by atoms with Crippen molar-refractivity contribution in [1.82, 2.24) is 4.98 Å². The van der Waals surface area contributed by atoms with Gasteiger partial charge in [0.2, 0.25) is 5.91 Å². The molecule has 2 N–H and O–H groups in total. The van der Waals surface area contributed by atoms with E-state index >= 15 is 0 Å². The van der Waals surface area contributed by atoms with Crippen molar-refractivity contribution in [2.45, 2.75) is 0 Å². The van der Waals surface area contributed by atoms with E-state index in [9.17, 15) is 13.6 Å². The molecule has 0 saturated heterocycles. The van der Waals surface area contributed by atoms with Crippen LogP contribution < -0.4 is 5.73 Å². The van der Waals surface area contributed by atoms with Crippen LogP contribution in [0.25, 0.3) is 21.0 Å². The smallest absolute Gasteiger partial charge is 0.249 e. The average molecular weight is 316 g/mol. The van der Waals surface area contributed by atoms with Crippen molar-refractivity contribution in [3.63, 3.8) is 0 Å². The van der Waals surface area contributed by atoms with E-state index < -0.39 is 11.7 Å². The zero-order valence-electron chi connectivity index (χ0n) is 11.2. The molecule has 2 aromatic carbocycles. The monoisotopic (exact) mass is 316 g/mol. The van der Waals surface area contributed by atoms with Crippen LogP contribution in [0.2, 0.25) is 0 Å². The molecule has 0 unspecified atom stereocenters. The van der Waals surface area contributed by atoms with Gasteiger partial charge in [-0.15, -0.1) is 11.3 Å². The highest BCUT2D eigenvalue weighted by Gasteiger charge is 2.17. The molecule has 0 bridgehead atoms. The lowest BCUT2D eigenvalue weighted by Gasteiger charge is -2.05. The molecule has 3 nitrogen and oxygen atoms in total. The molecule has 1 aromatic heterocycles. The number of amides is 1. The van der Waals surface area contributed by atoms with E-state index in [1.165, 1.54) is 47.9 Å². The van der Waals surface area contributed by atoms with Gasteiger partial charge in [0.25, 0.3) is 0 Å². The number of nitrogens with zero attached hydrogens (tertiary/aromatic N) is 1. The Morgan fingerprint density at radius 1 is 1.09 bits per heavy atom.